The van der Waals surface area contributed by atoms with Gasteiger partial charge in [-0.2, -0.15) is 0 Å². The van der Waals surface area contributed by atoms with Gasteiger partial charge in [0.25, 0.3) is 0 Å². The molecule has 0 fully saturated rings. The largest absolute Gasteiger partial charge is 0.486 e. The lowest BCUT2D eigenvalue weighted by atomic mass is 10.1. The summed E-state index contributed by atoms with van der Waals surface area (Å²) >= 11 is 0. The van der Waals surface area contributed by atoms with Crippen molar-refractivity contribution in [2.45, 2.75) is 57.8 Å². The molecule has 0 heterocycles. The summed E-state index contributed by atoms with van der Waals surface area (Å²) in [6.07, 6.45) is 1.59. The van der Waals surface area contributed by atoms with Crippen LogP contribution in [0.4, 0.5) is 0 Å². The van der Waals surface area contributed by atoms with Gasteiger partial charge in [0.2, 0.25) is 0 Å². The standard InChI is InChI=1S/C23H33O2Si/c1-7-22(20-13-9-8-10-14-20)25-21-15-11-12-19(18-21)16-17-24-26(5,6)23(2,3)4/h8-15,18,22H,1,7,16-17H2,2-6H3/t22-/m1/s1. The van der Waals surface area contributed by atoms with Crippen LogP contribution < -0.4 is 4.74 Å². The molecule has 2 aromatic carbocycles. The maximum absolute atomic E-state index is 6.30. The molecule has 0 aliphatic carbocycles. The molecule has 2 aromatic rings. The fraction of sp³-hybridized carbons (Fsp3) is 0.435. The molecule has 1 radical (unpaired) electrons. The minimum absolute atomic E-state index is 0.0186. The smallest absolute Gasteiger partial charge is 0.191 e. The Labute approximate surface area is 160 Å². The number of hydrogen-bond acceptors (Lipinski definition) is 2. The Morgan fingerprint density at radius 2 is 1.69 bits per heavy atom. The van der Waals surface area contributed by atoms with Gasteiger partial charge >= 0.3 is 0 Å². The normalized spacial score (nSPS) is 13.5. The summed E-state index contributed by atoms with van der Waals surface area (Å²) < 4.78 is 12.5. The number of rotatable bonds is 8. The second kappa shape index (κ2) is 8.87. The molecule has 0 spiro atoms. The van der Waals surface area contributed by atoms with Gasteiger partial charge in [-0.3, -0.25) is 0 Å². The van der Waals surface area contributed by atoms with Crippen molar-refractivity contribution < 1.29 is 9.16 Å². The summed E-state index contributed by atoms with van der Waals surface area (Å²) in [6, 6.07) is 18.6. The van der Waals surface area contributed by atoms with Crippen LogP contribution >= 0.6 is 0 Å². The van der Waals surface area contributed by atoms with Gasteiger partial charge in [-0.25, -0.2) is 0 Å². The van der Waals surface area contributed by atoms with Gasteiger partial charge in [0.1, 0.15) is 11.9 Å². The van der Waals surface area contributed by atoms with Crippen molar-refractivity contribution in [2.75, 3.05) is 6.61 Å². The average molecular weight is 370 g/mol. The summed E-state index contributed by atoms with van der Waals surface area (Å²) in [5.41, 5.74) is 2.41. The lowest BCUT2D eigenvalue weighted by Gasteiger charge is -2.36. The molecule has 0 N–H and O–H groups in total. The minimum Gasteiger partial charge on any atom is -0.486 e. The zero-order chi connectivity index (χ0) is 19.2. The van der Waals surface area contributed by atoms with Gasteiger partial charge in [-0.05, 0) is 61.2 Å². The number of hydrogen-bond donors (Lipinski definition) is 0. The van der Waals surface area contributed by atoms with E-state index in [4.69, 9.17) is 9.16 Å². The summed E-state index contributed by atoms with van der Waals surface area (Å²) in [5.74, 6) is 0.896. The maximum Gasteiger partial charge on any atom is 0.191 e. The molecule has 0 amide bonds. The van der Waals surface area contributed by atoms with Crippen LogP contribution in [0, 0.1) is 6.92 Å². The Morgan fingerprint density at radius 3 is 2.31 bits per heavy atom. The first-order valence-corrected chi connectivity index (χ1v) is 12.4. The highest BCUT2D eigenvalue weighted by atomic mass is 28.4. The third kappa shape index (κ3) is 5.71. The molecule has 26 heavy (non-hydrogen) atoms. The highest BCUT2D eigenvalue weighted by molar-refractivity contribution is 6.74. The molecule has 3 heteroatoms. The number of ether oxygens (including phenoxy) is 1. The van der Waals surface area contributed by atoms with E-state index in [1.807, 2.05) is 24.3 Å². The van der Waals surface area contributed by atoms with Gasteiger partial charge in [-0.1, -0.05) is 63.2 Å². The SMILES string of the molecule is [CH2]C[C@@H](Oc1cccc(CCO[Si](C)(C)C(C)(C)C)c1)c1ccccc1. The fourth-order valence-electron chi connectivity index (χ4n) is 2.54. The quantitative estimate of drug-likeness (QED) is 0.488. The molecule has 2 nitrogen and oxygen atoms in total. The molecule has 0 aliphatic heterocycles. The third-order valence-corrected chi connectivity index (χ3v) is 9.81. The molecule has 2 rings (SSSR count). The highest BCUT2D eigenvalue weighted by Gasteiger charge is 2.36. The lowest BCUT2D eigenvalue weighted by molar-refractivity contribution is 0.208. The van der Waals surface area contributed by atoms with E-state index in [1.54, 1.807) is 0 Å². The molecule has 0 aromatic heterocycles. The molecular weight excluding hydrogens is 336 g/mol. The minimum atomic E-state index is -1.69. The first-order valence-electron chi connectivity index (χ1n) is 9.47. The van der Waals surface area contributed by atoms with Gasteiger partial charge in [-0.15, -0.1) is 0 Å². The van der Waals surface area contributed by atoms with Crippen LogP contribution in [0.2, 0.25) is 18.1 Å². The Bertz CT molecular complexity index is 674. The van der Waals surface area contributed by atoms with Crippen LogP contribution in [0.5, 0.6) is 5.75 Å². The molecule has 0 saturated heterocycles. The van der Waals surface area contributed by atoms with Crippen molar-refractivity contribution in [3.63, 3.8) is 0 Å². The fourth-order valence-corrected chi connectivity index (χ4v) is 3.59. The topological polar surface area (TPSA) is 18.5 Å². The summed E-state index contributed by atoms with van der Waals surface area (Å²) in [6.45, 7) is 16.2. The van der Waals surface area contributed by atoms with Crippen molar-refractivity contribution in [3.8, 4) is 5.75 Å². The molecular formula is C23H33O2Si. The Kier molecular flexibility index (Phi) is 7.07. The van der Waals surface area contributed by atoms with Crippen LogP contribution in [-0.4, -0.2) is 14.9 Å². The second-order valence-corrected chi connectivity index (χ2v) is 13.1. The van der Waals surface area contributed by atoms with Gasteiger partial charge in [0, 0.05) is 6.61 Å². The summed E-state index contributed by atoms with van der Waals surface area (Å²) in [7, 11) is -1.69. The summed E-state index contributed by atoms with van der Waals surface area (Å²) in [4.78, 5) is 0. The van der Waals surface area contributed by atoms with Crippen LogP contribution in [0.1, 0.15) is 44.4 Å². The van der Waals surface area contributed by atoms with E-state index >= 15 is 0 Å². The predicted molar refractivity (Wildman–Crippen MR) is 113 cm³/mol. The first-order chi connectivity index (χ1) is 12.2. The maximum atomic E-state index is 6.30. The predicted octanol–water partition coefficient (Wildman–Crippen LogP) is 6.60. The van der Waals surface area contributed by atoms with Crippen molar-refractivity contribution in [2.24, 2.45) is 0 Å². The van der Waals surface area contributed by atoms with Crippen LogP contribution in [0.25, 0.3) is 0 Å². The van der Waals surface area contributed by atoms with Crippen molar-refractivity contribution in [3.05, 3.63) is 72.6 Å². The number of benzene rings is 2. The molecule has 0 aliphatic rings. The van der Waals surface area contributed by atoms with E-state index in [0.29, 0.717) is 6.42 Å². The Balaban J connectivity index is 1.97. The van der Waals surface area contributed by atoms with Crippen LogP contribution in [-0.2, 0) is 10.8 Å². The van der Waals surface area contributed by atoms with Crippen molar-refractivity contribution in [1.82, 2.24) is 0 Å². The molecule has 0 unspecified atom stereocenters. The molecule has 0 saturated carbocycles. The monoisotopic (exact) mass is 369 g/mol. The molecule has 0 bridgehead atoms. The van der Waals surface area contributed by atoms with E-state index in [1.165, 1.54) is 5.56 Å². The van der Waals surface area contributed by atoms with Gasteiger partial charge in [0.15, 0.2) is 8.32 Å². The zero-order valence-electron chi connectivity index (χ0n) is 16.9. The Morgan fingerprint density at radius 1 is 1.00 bits per heavy atom. The second-order valence-electron chi connectivity index (χ2n) is 8.31. The Hall–Kier alpha value is -1.58. The van der Waals surface area contributed by atoms with E-state index in [-0.39, 0.29) is 11.1 Å². The lowest BCUT2D eigenvalue weighted by Crippen LogP contribution is -2.41. The van der Waals surface area contributed by atoms with E-state index < -0.39 is 8.32 Å². The third-order valence-electron chi connectivity index (χ3n) is 5.27. The zero-order valence-corrected chi connectivity index (χ0v) is 17.9. The van der Waals surface area contributed by atoms with Gasteiger partial charge in [0.05, 0.1) is 0 Å². The van der Waals surface area contributed by atoms with E-state index in [0.717, 1.165) is 24.3 Å². The highest BCUT2D eigenvalue weighted by Crippen LogP contribution is 2.36. The van der Waals surface area contributed by atoms with Gasteiger partial charge < -0.3 is 9.16 Å². The molecule has 1 atom stereocenters. The van der Waals surface area contributed by atoms with Crippen LogP contribution in [0.15, 0.2) is 54.6 Å². The first kappa shape index (κ1) is 20.7. The van der Waals surface area contributed by atoms with E-state index in [2.05, 4.69) is 71.1 Å². The van der Waals surface area contributed by atoms with Crippen molar-refractivity contribution >= 4 is 8.32 Å². The van der Waals surface area contributed by atoms with Crippen molar-refractivity contribution in [1.29, 1.82) is 0 Å². The molecule has 141 valence electrons. The van der Waals surface area contributed by atoms with Crippen LogP contribution in [0.3, 0.4) is 0 Å². The van der Waals surface area contributed by atoms with E-state index in [9.17, 15) is 0 Å². The summed E-state index contributed by atoms with van der Waals surface area (Å²) in [5, 5.41) is 0.245. The average Bonchev–Trinajstić information content (AvgIpc) is 2.59.